The summed E-state index contributed by atoms with van der Waals surface area (Å²) in [6.07, 6.45) is 3.36. The molecule has 26 heavy (non-hydrogen) atoms. The van der Waals surface area contributed by atoms with Crippen LogP contribution in [-0.4, -0.2) is 14.5 Å². The minimum Gasteiger partial charge on any atom is -0.366 e. The highest BCUT2D eigenvalue weighted by Crippen LogP contribution is 2.32. The van der Waals surface area contributed by atoms with E-state index in [-0.39, 0.29) is 22.8 Å². The number of nitro groups is 1. The Balaban J connectivity index is 2.07. The van der Waals surface area contributed by atoms with Crippen LogP contribution in [0, 0.1) is 27.3 Å². The van der Waals surface area contributed by atoms with Crippen LogP contribution in [0.15, 0.2) is 54.9 Å². The fourth-order valence-corrected chi connectivity index (χ4v) is 2.64. The molecule has 0 saturated heterocycles. The molecule has 0 fully saturated rings. The molecule has 3 aromatic rings. The van der Waals surface area contributed by atoms with Crippen molar-refractivity contribution in [1.29, 1.82) is 5.26 Å². The van der Waals surface area contributed by atoms with E-state index in [1.165, 1.54) is 30.3 Å². The molecule has 130 valence electrons. The number of imidazole rings is 1. The van der Waals surface area contributed by atoms with Crippen LogP contribution in [0.1, 0.15) is 23.0 Å². The number of nitro benzene ring substituents is 1. The van der Waals surface area contributed by atoms with Gasteiger partial charge in [-0.15, -0.1) is 0 Å². The Morgan fingerprint density at radius 3 is 2.62 bits per heavy atom. The lowest BCUT2D eigenvalue weighted by Gasteiger charge is -2.20. The van der Waals surface area contributed by atoms with Gasteiger partial charge in [0.2, 0.25) is 0 Å². The lowest BCUT2D eigenvalue weighted by molar-refractivity contribution is -0.384. The smallest absolute Gasteiger partial charge is 0.293 e. The van der Waals surface area contributed by atoms with Crippen LogP contribution in [0.4, 0.5) is 15.8 Å². The predicted molar refractivity (Wildman–Crippen MR) is 92.9 cm³/mol. The van der Waals surface area contributed by atoms with Gasteiger partial charge in [0.1, 0.15) is 23.4 Å². The van der Waals surface area contributed by atoms with E-state index in [4.69, 9.17) is 5.26 Å². The minimum absolute atomic E-state index is 0.192. The van der Waals surface area contributed by atoms with Gasteiger partial charge >= 0.3 is 0 Å². The summed E-state index contributed by atoms with van der Waals surface area (Å²) in [5, 5.41) is 23.5. The Kier molecular flexibility index (Phi) is 4.62. The van der Waals surface area contributed by atoms with Gasteiger partial charge in [0.25, 0.3) is 5.69 Å². The van der Waals surface area contributed by atoms with Crippen molar-refractivity contribution in [3.05, 3.63) is 87.7 Å². The Labute approximate surface area is 148 Å². The normalized spacial score (nSPS) is 11.6. The minimum atomic E-state index is -0.552. The fourth-order valence-electron chi connectivity index (χ4n) is 2.64. The van der Waals surface area contributed by atoms with E-state index in [9.17, 15) is 14.5 Å². The lowest BCUT2D eigenvalue weighted by atomic mass is 10.0. The van der Waals surface area contributed by atoms with E-state index in [1.807, 2.05) is 6.07 Å². The van der Waals surface area contributed by atoms with E-state index >= 15 is 0 Å². The Morgan fingerprint density at radius 1 is 1.31 bits per heavy atom. The number of hydrogen-bond donors (Lipinski definition) is 1. The Hall–Kier alpha value is -3.73. The van der Waals surface area contributed by atoms with E-state index in [1.54, 1.807) is 36.1 Å². The first kappa shape index (κ1) is 17.1. The van der Waals surface area contributed by atoms with Crippen LogP contribution < -0.4 is 5.32 Å². The van der Waals surface area contributed by atoms with E-state index in [0.717, 1.165) is 0 Å². The molecule has 1 atom stereocenters. The molecule has 0 spiro atoms. The van der Waals surface area contributed by atoms with Gasteiger partial charge in [-0.05, 0) is 29.8 Å². The summed E-state index contributed by atoms with van der Waals surface area (Å²) in [6, 6.07) is 11.4. The monoisotopic (exact) mass is 351 g/mol. The predicted octanol–water partition coefficient (Wildman–Crippen LogP) is 3.54. The molecule has 2 aromatic carbocycles. The second-order valence-electron chi connectivity index (χ2n) is 5.63. The van der Waals surface area contributed by atoms with Crippen molar-refractivity contribution >= 4 is 11.4 Å². The zero-order valence-corrected chi connectivity index (χ0v) is 13.8. The highest BCUT2D eigenvalue weighted by atomic mass is 19.1. The fraction of sp³-hybridized carbons (Fsp3) is 0.111. The molecule has 0 aliphatic carbocycles. The van der Waals surface area contributed by atoms with Crippen LogP contribution >= 0.6 is 0 Å². The maximum absolute atomic E-state index is 13.3. The van der Waals surface area contributed by atoms with Crippen LogP contribution in [-0.2, 0) is 7.05 Å². The Morgan fingerprint density at radius 2 is 2.04 bits per heavy atom. The summed E-state index contributed by atoms with van der Waals surface area (Å²) in [4.78, 5) is 15.1. The van der Waals surface area contributed by atoms with Crippen LogP contribution in [0.25, 0.3) is 0 Å². The second kappa shape index (κ2) is 7.03. The zero-order valence-electron chi connectivity index (χ0n) is 13.8. The number of hydrogen-bond acceptors (Lipinski definition) is 5. The molecule has 0 saturated carbocycles. The summed E-state index contributed by atoms with van der Waals surface area (Å²) in [7, 11) is 1.80. The third kappa shape index (κ3) is 3.37. The molecule has 1 heterocycles. The summed E-state index contributed by atoms with van der Waals surface area (Å²) in [5.74, 6) is 0.229. The van der Waals surface area contributed by atoms with Gasteiger partial charge < -0.3 is 9.88 Å². The molecule has 0 aliphatic heterocycles. The van der Waals surface area contributed by atoms with Crippen molar-refractivity contribution in [3.63, 3.8) is 0 Å². The van der Waals surface area contributed by atoms with Gasteiger partial charge in [-0.25, -0.2) is 9.37 Å². The molecule has 8 heteroatoms. The molecular weight excluding hydrogens is 337 g/mol. The number of halogens is 1. The Bertz CT molecular complexity index is 992. The van der Waals surface area contributed by atoms with Crippen LogP contribution in [0.3, 0.4) is 0 Å². The molecule has 0 bridgehead atoms. The topological polar surface area (TPSA) is 96.8 Å². The van der Waals surface area contributed by atoms with Crippen molar-refractivity contribution in [2.24, 2.45) is 7.05 Å². The van der Waals surface area contributed by atoms with Crippen LogP contribution in [0.2, 0.25) is 0 Å². The van der Waals surface area contributed by atoms with Gasteiger partial charge in [0.15, 0.2) is 0 Å². The highest BCUT2D eigenvalue weighted by Gasteiger charge is 2.23. The van der Waals surface area contributed by atoms with E-state index in [0.29, 0.717) is 11.4 Å². The molecule has 0 aliphatic rings. The van der Waals surface area contributed by atoms with Gasteiger partial charge in [0.05, 0.1) is 16.6 Å². The standard InChI is InChI=1S/C18H14FN5O2/c1-23-9-8-21-18(23)17(13-3-5-14(19)6-4-13)22-15-7-2-12(11-20)10-16(15)24(25)26/h2-10,17,22H,1H3/t17-/m1/s1. The SMILES string of the molecule is Cn1ccnc1[C@H](Nc1ccc(C#N)cc1[N+](=O)[O-])c1ccc(F)cc1. The molecule has 1 aromatic heterocycles. The van der Waals surface area contributed by atoms with Crippen molar-refractivity contribution in [3.8, 4) is 6.07 Å². The quantitative estimate of drug-likeness (QED) is 0.560. The third-order valence-corrected chi connectivity index (χ3v) is 3.94. The number of aryl methyl sites for hydroxylation is 1. The lowest BCUT2D eigenvalue weighted by Crippen LogP contribution is -2.17. The summed E-state index contributed by atoms with van der Waals surface area (Å²) < 4.78 is 15.1. The second-order valence-corrected chi connectivity index (χ2v) is 5.63. The molecule has 0 radical (unpaired) electrons. The van der Waals surface area contributed by atoms with Gasteiger partial charge in [-0.1, -0.05) is 12.1 Å². The summed E-state index contributed by atoms with van der Waals surface area (Å²) in [5.41, 5.74) is 0.911. The largest absolute Gasteiger partial charge is 0.366 e. The average Bonchev–Trinajstić information content (AvgIpc) is 3.06. The van der Waals surface area contributed by atoms with E-state index < -0.39 is 11.0 Å². The number of rotatable bonds is 5. The third-order valence-electron chi connectivity index (χ3n) is 3.94. The maximum Gasteiger partial charge on any atom is 0.293 e. The number of nitrogens with one attached hydrogen (secondary N) is 1. The van der Waals surface area contributed by atoms with Crippen molar-refractivity contribution < 1.29 is 9.31 Å². The number of aromatic nitrogens is 2. The highest BCUT2D eigenvalue weighted by molar-refractivity contribution is 5.65. The summed E-state index contributed by atoms with van der Waals surface area (Å²) in [6.45, 7) is 0. The first-order valence-corrected chi connectivity index (χ1v) is 7.67. The maximum atomic E-state index is 13.3. The average molecular weight is 351 g/mol. The summed E-state index contributed by atoms with van der Waals surface area (Å²) >= 11 is 0. The van der Waals surface area contributed by atoms with Gasteiger partial charge in [-0.2, -0.15) is 5.26 Å². The molecule has 7 nitrogen and oxygen atoms in total. The number of nitriles is 1. The zero-order chi connectivity index (χ0) is 18.7. The van der Waals surface area contributed by atoms with E-state index in [2.05, 4.69) is 10.3 Å². The number of anilines is 1. The molecule has 0 amide bonds. The van der Waals surface area contributed by atoms with Crippen LogP contribution in [0.5, 0.6) is 0 Å². The molecule has 3 rings (SSSR count). The first-order chi connectivity index (χ1) is 12.5. The molecule has 1 N–H and O–H groups in total. The number of nitrogens with zero attached hydrogens (tertiary/aromatic N) is 4. The number of benzene rings is 2. The van der Waals surface area contributed by atoms with Crippen molar-refractivity contribution in [1.82, 2.24) is 9.55 Å². The van der Waals surface area contributed by atoms with Gasteiger partial charge in [0, 0.05) is 25.5 Å². The molecule has 0 unspecified atom stereocenters. The van der Waals surface area contributed by atoms with Crippen molar-refractivity contribution in [2.45, 2.75) is 6.04 Å². The van der Waals surface area contributed by atoms with Crippen molar-refractivity contribution in [2.75, 3.05) is 5.32 Å². The molecular formula is C18H14FN5O2. The van der Waals surface area contributed by atoms with Gasteiger partial charge in [-0.3, -0.25) is 10.1 Å². The first-order valence-electron chi connectivity index (χ1n) is 7.67.